The Morgan fingerprint density at radius 2 is 2.05 bits per heavy atom. The van der Waals surface area contributed by atoms with Gasteiger partial charge in [-0.05, 0) is 38.1 Å². The average molecular weight is 271 g/mol. The summed E-state index contributed by atoms with van der Waals surface area (Å²) in [6.07, 6.45) is 0.331. The number of benzene rings is 1. The second-order valence-electron chi connectivity index (χ2n) is 4.16. The number of nitrogens with one attached hydrogen (secondary N) is 1. The molecule has 0 aliphatic carbocycles. The van der Waals surface area contributed by atoms with Crippen LogP contribution in [0, 0.1) is 25.2 Å². The number of nitrogens with zero attached hydrogens (tertiary/aromatic N) is 2. The lowest BCUT2D eigenvalue weighted by Gasteiger charge is -2.04. The second-order valence-corrected chi connectivity index (χ2v) is 5.44. The Morgan fingerprint density at radius 3 is 2.58 bits per heavy atom. The molecule has 1 amide bonds. The molecule has 0 atom stereocenters. The first-order valence-electron chi connectivity index (χ1n) is 5.81. The summed E-state index contributed by atoms with van der Waals surface area (Å²) in [5.74, 6) is -0.0727. The van der Waals surface area contributed by atoms with E-state index in [2.05, 4.69) is 10.3 Å². The van der Waals surface area contributed by atoms with Crippen molar-refractivity contribution in [3.05, 3.63) is 45.4 Å². The molecule has 2 aromatic rings. The van der Waals surface area contributed by atoms with Crippen LogP contribution < -0.4 is 5.32 Å². The van der Waals surface area contributed by atoms with Gasteiger partial charge >= 0.3 is 0 Å². The van der Waals surface area contributed by atoms with Crippen molar-refractivity contribution in [2.75, 3.05) is 5.32 Å². The van der Waals surface area contributed by atoms with Crippen LogP contribution in [0.5, 0.6) is 0 Å². The van der Waals surface area contributed by atoms with Gasteiger partial charge in [0.2, 0.25) is 5.91 Å². The third kappa shape index (κ3) is 3.39. The van der Waals surface area contributed by atoms with Crippen LogP contribution in [0.3, 0.4) is 0 Å². The molecule has 0 saturated carbocycles. The number of rotatable bonds is 3. The lowest BCUT2D eigenvalue weighted by Crippen LogP contribution is -2.14. The number of thiazole rings is 1. The van der Waals surface area contributed by atoms with Gasteiger partial charge in [-0.2, -0.15) is 5.26 Å². The Labute approximate surface area is 115 Å². The summed E-state index contributed by atoms with van der Waals surface area (Å²) in [6.45, 7) is 3.84. The van der Waals surface area contributed by atoms with Gasteiger partial charge in [0, 0.05) is 10.6 Å². The van der Waals surface area contributed by atoms with Gasteiger partial charge in [0.1, 0.15) is 0 Å². The van der Waals surface area contributed by atoms with Crippen LogP contribution in [0.25, 0.3) is 0 Å². The molecule has 1 N–H and O–H groups in total. The van der Waals surface area contributed by atoms with Gasteiger partial charge < -0.3 is 5.32 Å². The summed E-state index contributed by atoms with van der Waals surface area (Å²) >= 11 is 1.54. The van der Waals surface area contributed by atoms with E-state index in [-0.39, 0.29) is 5.91 Å². The molecule has 0 fully saturated rings. The maximum absolute atomic E-state index is 11.9. The van der Waals surface area contributed by atoms with E-state index in [0.717, 1.165) is 15.6 Å². The van der Waals surface area contributed by atoms with E-state index in [1.165, 1.54) is 0 Å². The number of aryl methyl sites for hydroxylation is 2. The average Bonchev–Trinajstić information content (AvgIpc) is 2.68. The van der Waals surface area contributed by atoms with Crippen LogP contribution in [0.2, 0.25) is 0 Å². The van der Waals surface area contributed by atoms with Gasteiger partial charge in [-0.1, -0.05) is 0 Å². The SMILES string of the molecule is Cc1nc(C)c(CC(=O)Nc2ccc(C#N)cc2)s1. The quantitative estimate of drug-likeness (QED) is 0.933. The van der Waals surface area contributed by atoms with Gasteiger partial charge in [-0.25, -0.2) is 4.98 Å². The van der Waals surface area contributed by atoms with Gasteiger partial charge in [0.15, 0.2) is 0 Å². The van der Waals surface area contributed by atoms with Crippen LogP contribution in [0.15, 0.2) is 24.3 Å². The highest BCUT2D eigenvalue weighted by Gasteiger charge is 2.10. The van der Waals surface area contributed by atoms with Crippen molar-refractivity contribution in [2.24, 2.45) is 0 Å². The van der Waals surface area contributed by atoms with Gasteiger partial charge in [-0.3, -0.25) is 4.79 Å². The van der Waals surface area contributed by atoms with Crippen molar-refractivity contribution in [1.82, 2.24) is 4.98 Å². The van der Waals surface area contributed by atoms with E-state index >= 15 is 0 Å². The zero-order chi connectivity index (χ0) is 13.8. The molecule has 0 saturated heterocycles. The molecule has 96 valence electrons. The monoisotopic (exact) mass is 271 g/mol. The Balaban J connectivity index is 2.01. The molecule has 1 heterocycles. The first-order valence-corrected chi connectivity index (χ1v) is 6.63. The largest absolute Gasteiger partial charge is 0.326 e. The number of carbonyl (C=O) groups is 1. The smallest absolute Gasteiger partial charge is 0.229 e. The lowest BCUT2D eigenvalue weighted by molar-refractivity contribution is -0.115. The lowest BCUT2D eigenvalue weighted by atomic mass is 10.2. The van der Waals surface area contributed by atoms with Crippen molar-refractivity contribution >= 4 is 22.9 Å². The predicted molar refractivity (Wildman–Crippen MR) is 75.1 cm³/mol. The highest BCUT2D eigenvalue weighted by Crippen LogP contribution is 2.18. The number of amides is 1. The molecular formula is C14H13N3OS. The zero-order valence-corrected chi connectivity index (χ0v) is 11.5. The molecule has 0 aliphatic heterocycles. The zero-order valence-electron chi connectivity index (χ0n) is 10.7. The predicted octanol–water partition coefficient (Wildman–Crippen LogP) is 2.81. The van der Waals surface area contributed by atoms with Gasteiger partial charge in [0.25, 0.3) is 0 Å². The molecule has 19 heavy (non-hydrogen) atoms. The van der Waals surface area contributed by atoms with Crippen molar-refractivity contribution in [3.63, 3.8) is 0 Å². The molecule has 1 aromatic carbocycles. The number of aromatic nitrogens is 1. The molecule has 0 unspecified atom stereocenters. The minimum Gasteiger partial charge on any atom is -0.326 e. The normalized spacial score (nSPS) is 9.95. The summed E-state index contributed by atoms with van der Waals surface area (Å²) in [4.78, 5) is 17.2. The van der Waals surface area contributed by atoms with Crippen molar-refractivity contribution < 1.29 is 4.79 Å². The van der Waals surface area contributed by atoms with E-state index in [1.807, 2.05) is 19.9 Å². The standard InChI is InChI=1S/C14H13N3OS/c1-9-13(19-10(2)16-9)7-14(18)17-12-5-3-11(8-15)4-6-12/h3-6H,7H2,1-2H3,(H,17,18). The van der Waals surface area contributed by atoms with Crippen LogP contribution in [-0.2, 0) is 11.2 Å². The molecule has 5 heteroatoms. The summed E-state index contributed by atoms with van der Waals surface area (Å²) in [5, 5.41) is 12.5. The minimum absolute atomic E-state index is 0.0727. The molecule has 1 aromatic heterocycles. The fourth-order valence-electron chi connectivity index (χ4n) is 1.72. The van der Waals surface area contributed by atoms with E-state index in [0.29, 0.717) is 17.7 Å². The fourth-order valence-corrected chi connectivity index (χ4v) is 2.65. The third-order valence-electron chi connectivity index (χ3n) is 2.62. The molecule has 0 spiro atoms. The number of carbonyl (C=O) groups excluding carboxylic acids is 1. The number of hydrogen-bond acceptors (Lipinski definition) is 4. The Morgan fingerprint density at radius 1 is 1.37 bits per heavy atom. The van der Waals surface area contributed by atoms with Gasteiger partial charge in [-0.15, -0.1) is 11.3 Å². The maximum Gasteiger partial charge on any atom is 0.229 e. The number of nitriles is 1. The van der Waals surface area contributed by atoms with Crippen molar-refractivity contribution in [3.8, 4) is 6.07 Å². The molecule has 0 radical (unpaired) electrons. The Kier molecular flexibility index (Phi) is 3.93. The minimum atomic E-state index is -0.0727. The van der Waals surface area contributed by atoms with Gasteiger partial charge in [0.05, 0.1) is 28.8 Å². The summed E-state index contributed by atoms with van der Waals surface area (Å²) in [6, 6.07) is 8.84. The maximum atomic E-state index is 11.9. The van der Waals surface area contributed by atoms with Crippen LogP contribution in [-0.4, -0.2) is 10.9 Å². The summed E-state index contributed by atoms with van der Waals surface area (Å²) in [7, 11) is 0. The topological polar surface area (TPSA) is 65.8 Å². The Hall–Kier alpha value is -2.19. The number of anilines is 1. The molecule has 4 nitrogen and oxygen atoms in total. The molecule has 0 bridgehead atoms. The third-order valence-corrected chi connectivity index (χ3v) is 3.69. The van der Waals surface area contributed by atoms with E-state index in [4.69, 9.17) is 5.26 Å². The van der Waals surface area contributed by atoms with E-state index in [9.17, 15) is 4.79 Å². The first-order chi connectivity index (χ1) is 9.08. The van der Waals surface area contributed by atoms with Crippen molar-refractivity contribution in [1.29, 1.82) is 5.26 Å². The number of hydrogen-bond donors (Lipinski definition) is 1. The Bertz CT molecular complexity index is 638. The summed E-state index contributed by atoms with van der Waals surface area (Å²) < 4.78 is 0. The molecular weight excluding hydrogens is 258 g/mol. The van der Waals surface area contributed by atoms with Crippen LogP contribution in [0.1, 0.15) is 21.1 Å². The fraction of sp³-hybridized carbons (Fsp3) is 0.214. The van der Waals surface area contributed by atoms with Crippen LogP contribution in [0.4, 0.5) is 5.69 Å². The second kappa shape index (κ2) is 5.63. The first kappa shape index (κ1) is 13.2. The van der Waals surface area contributed by atoms with Crippen molar-refractivity contribution in [2.45, 2.75) is 20.3 Å². The highest BCUT2D eigenvalue weighted by atomic mass is 32.1. The molecule has 0 aliphatic rings. The summed E-state index contributed by atoms with van der Waals surface area (Å²) in [5.41, 5.74) is 2.19. The van der Waals surface area contributed by atoms with E-state index in [1.54, 1.807) is 35.6 Å². The molecule has 2 rings (SSSR count). The van der Waals surface area contributed by atoms with E-state index < -0.39 is 0 Å². The highest BCUT2D eigenvalue weighted by molar-refractivity contribution is 7.11. The van der Waals surface area contributed by atoms with Crippen LogP contribution >= 0.6 is 11.3 Å².